The van der Waals surface area contributed by atoms with Crippen LogP contribution >= 0.6 is 0 Å². The first-order valence-corrected chi connectivity index (χ1v) is 11.5. The molecular weight excluding hydrogens is 388 g/mol. The maximum Gasteiger partial charge on any atom is 0.244 e. The first kappa shape index (κ1) is 21.2. The number of carbonyl (C=O) groups excluding carboxylic acids is 1. The highest BCUT2D eigenvalue weighted by Gasteiger charge is 2.37. The third-order valence-corrected chi connectivity index (χ3v) is 6.28. The number of rotatable bonds is 5. The molecule has 2 aromatic carbocycles. The number of ether oxygens (including phenoxy) is 1. The summed E-state index contributed by atoms with van der Waals surface area (Å²) >= 11 is 0. The van der Waals surface area contributed by atoms with Gasteiger partial charge >= 0.3 is 0 Å². The molecule has 6 nitrogen and oxygen atoms in total. The highest BCUT2D eigenvalue weighted by Crippen LogP contribution is 2.40. The lowest BCUT2D eigenvalue weighted by Crippen LogP contribution is -2.50. The van der Waals surface area contributed by atoms with Gasteiger partial charge in [-0.05, 0) is 51.5 Å². The minimum Gasteiger partial charge on any atom is -0.487 e. The summed E-state index contributed by atoms with van der Waals surface area (Å²) in [6, 6.07) is 13.4. The Labute approximate surface area is 172 Å². The predicted molar refractivity (Wildman–Crippen MR) is 115 cm³/mol. The second kappa shape index (κ2) is 7.71. The summed E-state index contributed by atoms with van der Waals surface area (Å²) < 4.78 is 32.1. The first-order chi connectivity index (χ1) is 13.5. The van der Waals surface area contributed by atoms with Crippen LogP contribution in [-0.2, 0) is 14.8 Å². The van der Waals surface area contributed by atoms with E-state index in [1.54, 1.807) is 37.3 Å². The van der Waals surface area contributed by atoms with E-state index in [0.29, 0.717) is 12.1 Å². The number of nitrogens with one attached hydrogen (secondary N) is 1. The fourth-order valence-corrected chi connectivity index (χ4v) is 4.94. The number of para-hydroxylation sites is 1. The molecule has 1 aliphatic rings. The third-order valence-electron chi connectivity index (χ3n) is 5.04. The number of hydrogen-bond acceptors (Lipinski definition) is 4. The summed E-state index contributed by atoms with van der Waals surface area (Å²) in [4.78, 5) is 13.1. The predicted octanol–water partition coefficient (Wildman–Crippen LogP) is 3.57. The Morgan fingerprint density at radius 2 is 1.86 bits per heavy atom. The molecule has 2 atom stereocenters. The summed E-state index contributed by atoms with van der Waals surface area (Å²) in [5.41, 5.74) is 1.99. The van der Waals surface area contributed by atoms with Crippen LogP contribution in [0.25, 0.3) is 0 Å². The lowest BCUT2D eigenvalue weighted by Gasteiger charge is -2.39. The fraction of sp³-hybridized carbons (Fsp3) is 0.409. The number of sulfonamides is 1. The van der Waals surface area contributed by atoms with Crippen molar-refractivity contribution in [3.8, 4) is 5.75 Å². The van der Waals surface area contributed by atoms with Crippen LogP contribution in [-0.4, -0.2) is 32.2 Å². The molecule has 0 unspecified atom stereocenters. The van der Waals surface area contributed by atoms with E-state index in [-0.39, 0.29) is 11.9 Å². The van der Waals surface area contributed by atoms with Gasteiger partial charge in [0.1, 0.15) is 17.4 Å². The van der Waals surface area contributed by atoms with Crippen molar-refractivity contribution in [2.45, 2.75) is 51.8 Å². The second-order valence-electron chi connectivity index (χ2n) is 8.24. The van der Waals surface area contributed by atoms with Crippen LogP contribution in [0.4, 0.5) is 5.69 Å². The molecule has 0 saturated carbocycles. The molecule has 156 valence electrons. The van der Waals surface area contributed by atoms with Crippen LogP contribution in [0.3, 0.4) is 0 Å². The van der Waals surface area contributed by atoms with Crippen LogP contribution in [0.15, 0.2) is 48.5 Å². The van der Waals surface area contributed by atoms with Crippen molar-refractivity contribution in [2.24, 2.45) is 0 Å². The standard InChI is InChI=1S/C22H28N2O4S/c1-15-11-12-18-19(14-22(3,4)28-20(18)13-15)23-21(25)16(2)24(29(5,26)27)17-9-7-6-8-10-17/h6-13,16,19H,14H2,1-5H3,(H,23,25)/t16-,19-/m0/s1. The highest BCUT2D eigenvalue weighted by molar-refractivity contribution is 7.92. The molecule has 2 aromatic rings. The molecule has 0 fully saturated rings. The van der Waals surface area contributed by atoms with E-state index >= 15 is 0 Å². The van der Waals surface area contributed by atoms with Crippen LogP contribution in [0.1, 0.15) is 44.4 Å². The van der Waals surface area contributed by atoms with Gasteiger partial charge in [-0.2, -0.15) is 0 Å². The first-order valence-electron chi connectivity index (χ1n) is 9.62. The number of aryl methyl sites for hydroxylation is 1. The zero-order chi connectivity index (χ0) is 21.4. The Hall–Kier alpha value is -2.54. The van der Waals surface area contributed by atoms with Crippen molar-refractivity contribution >= 4 is 21.6 Å². The van der Waals surface area contributed by atoms with Crippen LogP contribution in [0.5, 0.6) is 5.75 Å². The molecule has 29 heavy (non-hydrogen) atoms. The monoisotopic (exact) mass is 416 g/mol. The average Bonchev–Trinajstić information content (AvgIpc) is 2.60. The molecule has 0 radical (unpaired) electrons. The quantitative estimate of drug-likeness (QED) is 0.809. The Morgan fingerprint density at radius 3 is 2.48 bits per heavy atom. The number of anilines is 1. The minimum atomic E-state index is -3.64. The molecule has 0 spiro atoms. The van der Waals surface area contributed by atoms with Crippen LogP contribution < -0.4 is 14.4 Å². The van der Waals surface area contributed by atoms with Gasteiger partial charge in [-0.3, -0.25) is 9.10 Å². The van der Waals surface area contributed by atoms with E-state index in [9.17, 15) is 13.2 Å². The van der Waals surface area contributed by atoms with E-state index in [4.69, 9.17) is 4.74 Å². The van der Waals surface area contributed by atoms with Gasteiger partial charge in [0.2, 0.25) is 15.9 Å². The minimum absolute atomic E-state index is 0.263. The fourth-order valence-electron chi connectivity index (χ4n) is 3.76. The Balaban J connectivity index is 1.89. The Kier molecular flexibility index (Phi) is 5.63. The van der Waals surface area contributed by atoms with E-state index in [2.05, 4.69) is 5.32 Å². The summed E-state index contributed by atoms with van der Waals surface area (Å²) in [6.07, 6.45) is 1.70. The highest BCUT2D eigenvalue weighted by atomic mass is 32.2. The number of benzene rings is 2. The van der Waals surface area contributed by atoms with Crippen LogP contribution in [0, 0.1) is 6.92 Å². The summed E-state index contributed by atoms with van der Waals surface area (Å²) in [6.45, 7) is 7.55. The largest absolute Gasteiger partial charge is 0.487 e. The van der Waals surface area contributed by atoms with Gasteiger partial charge in [-0.1, -0.05) is 30.3 Å². The van der Waals surface area contributed by atoms with E-state index in [1.807, 2.05) is 39.0 Å². The van der Waals surface area contributed by atoms with Gasteiger partial charge in [-0.25, -0.2) is 8.42 Å². The van der Waals surface area contributed by atoms with Gasteiger partial charge in [0.15, 0.2) is 0 Å². The average molecular weight is 417 g/mol. The molecule has 0 saturated heterocycles. The van der Waals surface area contributed by atoms with Crippen molar-refractivity contribution in [1.82, 2.24) is 5.32 Å². The van der Waals surface area contributed by atoms with Crippen molar-refractivity contribution < 1.29 is 17.9 Å². The lowest BCUT2D eigenvalue weighted by atomic mass is 9.89. The maximum atomic E-state index is 13.1. The van der Waals surface area contributed by atoms with Gasteiger partial charge in [-0.15, -0.1) is 0 Å². The van der Waals surface area contributed by atoms with Crippen molar-refractivity contribution in [3.63, 3.8) is 0 Å². The smallest absolute Gasteiger partial charge is 0.244 e. The van der Waals surface area contributed by atoms with Gasteiger partial charge in [0, 0.05) is 12.0 Å². The van der Waals surface area contributed by atoms with Gasteiger partial charge in [0.25, 0.3) is 0 Å². The van der Waals surface area contributed by atoms with Crippen molar-refractivity contribution in [1.29, 1.82) is 0 Å². The zero-order valence-electron chi connectivity index (χ0n) is 17.5. The van der Waals surface area contributed by atoms with E-state index < -0.39 is 21.7 Å². The SMILES string of the molecule is Cc1ccc2c(c1)OC(C)(C)C[C@@H]2NC(=O)[C@H](C)N(c1ccccc1)S(C)(=O)=O. The van der Waals surface area contributed by atoms with Crippen molar-refractivity contribution in [2.75, 3.05) is 10.6 Å². The topological polar surface area (TPSA) is 75.7 Å². The molecule has 1 heterocycles. The molecule has 7 heteroatoms. The van der Waals surface area contributed by atoms with Crippen molar-refractivity contribution in [3.05, 3.63) is 59.7 Å². The number of hydrogen-bond donors (Lipinski definition) is 1. The number of nitrogens with zero attached hydrogens (tertiary/aromatic N) is 1. The van der Waals surface area contributed by atoms with Gasteiger partial charge in [0.05, 0.1) is 18.0 Å². The second-order valence-corrected chi connectivity index (χ2v) is 10.1. The summed E-state index contributed by atoms with van der Waals surface area (Å²) in [7, 11) is -3.64. The molecular formula is C22H28N2O4S. The maximum absolute atomic E-state index is 13.1. The molecule has 0 aliphatic carbocycles. The Bertz CT molecular complexity index is 1000. The number of fused-ring (bicyclic) bond motifs is 1. The lowest BCUT2D eigenvalue weighted by molar-refractivity contribution is -0.123. The molecule has 1 N–H and O–H groups in total. The normalized spacial score (nSPS) is 18.9. The zero-order valence-corrected chi connectivity index (χ0v) is 18.3. The number of amides is 1. The Morgan fingerprint density at radius 1 is 1.21 bits per heavy atom. The molecule has 1 amide bonds. The van der Waals surface area contributed by atoms with Gasteiger partial charge < -0.3 is 10.1 Å². The summed E-state index contributed by atoms with van der Waals surface area (Å²) in [5, 5.41) is 3.05. The number of carbonyl (C=O) groups is 1. The van der Waals surface area contributed by atoms with Crippen LogP contribution in [0.2, 0.25) is 0 Å². The molecule has 0 bridgehead atoms. The molecule has 3 rings (SSSR count). The van der Waals surface area contributed by atoms with E-state index in [1.165, 1.54) is 0 Å². The van der Waals surface area contributed by atoms with E-state index in [0.717, 1.165) is 27.4 Å². The molecule has 0 aromatic heterocycles. The molecule has 1 aliphatic heterocycles. The summed E-state index contributed by atoms with van der Waals surface area (Å²) in [5.74, 6) is 0.399. The third kappa shape index (κ3) is 4.72.